The number of aryl methyl sites for hydroxylation is 1. The van der Waals surface area contributed by atoms with Crippen LogP contribution in [0, 0.1) is 11.3 Å². The van der Waals surface area contributed by atoms with Gasteiger partial charge in [0, 0.05) is 12.4 Å². The van der Waals surface area contributed by atoms with E-state index >= 15 is 0 Å². The number of fused-ring (bicyclic) bond motifs is 1. The fourth-order valence-electron chi connectivity index (χ4n) is 2.25. The number of benzene rings is 2. The van der Waals surface area contributed by atoms with Gasteiger partial charge in [-0.1, -0.05) is 29.8 Å². The Morgan fingerprint density at radius 3 is 2.62 bits per heavy atom. The lowest BCUT2D eigenvalue weighted by Gasteiger charge is -2.09. The molecule has 24 heavy (non-hydrogen) atoms. The first-order valence-corrected chi connectivity index (χ1v) is 7.27. The zero-order chi connectivity index (χ0) is 17.3. The molecule has 0 aliphatic carbocycles. The van der Waals surface area contributed by atoms with E-state index in [1.54, 1.807) is 24.3 Å². The summed E-state index contributed by atoms with van der Waals surface area (Å²) in [4.78, 5) is 24.6. The molecule has 0 aliphatic heterocycles. The summed E-state index contributed by atoms with van der Waals surface area (Å²) in [5, 5.41) is 13.7. The zero-order valence-electron chi connectivity index (χ0n) is 12.5. The maximum atomic E-state index is 12.5. The standard InChI is InChI=1S/C17H10ClN3O3/c1-21-16(22)12-5-3-2-4-11(12)15(20-21)17(23)24-14-7-6-10(9-19)8-13(14)18/h2-8H,1H3. The van der Waals surface area contributed by atoms with Crippen LogP contribution >= 0.6 is 11.6 Å². The molecule has 7 heteroatoms. The van der Waals surface area contributed by atoms with E-state index in [9.17, 15) is 9.59 Å². The summed E-state index contributed by atoms with van der Waals surface area (Å²) < 4.78 is 6.36. The molecular weight excluding hydrogens is 330 g/mol. The molecule has 0 saturated carbocycles. The number of ether oxygens (including phenoxy) is 1. The minimum absolute atomic E-state index is 0.00752. The molecular formula is C17H10ClN3O3. The third-order valence-corrected chi connectivity index (χ3v) is 3.71. The van der Waals surface area contributed by atoms with Crippen molar-refractivity contribution in [2.45, 2.75) is 0 Å². The quantitative estimate of drug-likeness (QED) is 0.529. The third kappa shape index (κ3) is 2.73. The van der Waals surface area contributed by atoms with Crippen LogP contribution in [0.3, 0.4) is 0 Å². The average Bonchev–Trinajstić information content (AvgIpc) is 2.59. The summed E-state index contributed by atoms with van der Waals surface area (Å²) in [6, 6.07) is 12.9. The third-order valence-electron chi connectivity index (χ3n) is 3.41. The molecule has 0 fully saturated rings. The van der Waals surface area contributed by atoms with Crippen LogP contribution in [0.25, 0.3) is 10.8 Å². The average molecular weight is 340 g/mol. The predicted molar refractivity (Wildman–Crippen MR) is 88.1 cm³/mol. The molecule has 0 aliphatic rings. The Balaban J connectivity index is 2.06. The second-order valence-electron chi connectivity index (χ2n) is 4.97. The SMILES string of the molecule is Cn1nc(C(=O)Oc2ccc(C#N)cc2Cl)c2ccccc2c1=O. The number of hydrogen-bond acceptors (Lipinski definition) is 5. The highest BCUT2D eigenvalue weighted by atomic mass is 35.5. The Bertz CT molecular complexity index is 1070. The molecule has 2 aromatic carbocycles. The number of rotatable bonds is 2. The van der Waals surface area contributed by atoms with Gasteiger partial charge in [-0.2, -0.15) is 10.4 Å². The molecule has 118 valence electrons. The van der Waals surface area contributed by atoms with Crippen molar-refractivity contribution in [2.75, 3.05) is 0 Å². The van der Waals surface area contributed by atoms with Gasteiger partial charge in [-0.15, -0.1) is 0 Å². The highest BCUT2D eigenvalue weighted by Crippen LogP contribution is 2.26. The van der Waals surface area contributed by atoms with Gasteiger partial charge in [-0.05, 0) is 24.3 Å². The minimum atomic E-state index is -0.742. The molecule has 0 N–H and O–H groups in total. The lowest BCUT2D eigenvalue weighted by molar-refractivity contribution is 0.0728. The van der Waals surface area contributed by atoms with Crippen LogP contribution in [0.1, 0.15) is 16.1 Å². The molecule has 0 spiro atoms. The first kappa shape index (κ1) is 15.7. The fraction of sp³-hybridized carbons (Fsp3) is 0.0588. The number of esters is 1. The van der Waals surface area contributed by atoms with Gasteiger partial charge in [-0.25, -0.2) is 9.48 Å². The van der Waals surface area contributed by atoms with Crippen molar-refractivity contribution >= 4 is 28.3 Å². The van der Waals surface area contributed by atoms with E-state index in [-0.39, 0.29) is 22.0 Å². The first-order chi connectivity index (χ1) is 11.5. The molecule has 0 radical (unpaired) electrons. The Labute approximate surface area is 141 Å². The smallest absolute Gasteiger partial charge is 0.364 e. The predicted octanol–water partition coefficient (Wildman–Crippen LogP) is 2.68. The summed E-state index contributed by atoms with van der Waals surface area (Å²) in [7, 11) is 1.46. The number of halogens is 1. The van der Waals surface area contributed by atoms with E-state index in [0.29, 0.717) is 16.3 Å². The Morgan fingerprint density at radius 2 is 1.96 bits per heavy atom. The van der Waals surface area contributed by atoms with Crippen LogP contribution in [-0.4, -0.2) is 15.7 Å². The summed E-state index contributed by atoms with van der Waals surface area (Å²) in [5.41, 5.74) is 0.0529. The number of nitriles is 1. The summed E-state index contributed by atoms with van der Waals surface area (Å²) in [6.45, 7) is 0. The van der Waals surface area contributed by atoms with Gasteiger partial charge < -0.3 is 4.74 Å². The lowest BCUT2D eigenvalue weighted by Crippen LogP contribution is -2.24. The van der Waals surface area contributed by atoms with Crippen molar-refractivity contribution < 1.29 is 9.53 Å². The van der Waals surface area contributed by atoms with Crippen molar-refractivity contribution in [3.8, 4) is 11.8 Å². The fourth-order valence-corrected chi connectivity index (χ4v) is 2.47. The maximum Gasteiger partial charge on any atom is 0.364 e. The van der Waals surface area contributed by atoms with Crippen molar-refractivity contribution in [1.82, 2.24) is 9.78 Å². The van der Waals surface area contributed by atoms with Crippen molar-refractivity contribution in [2.24, 2.45) is 7.05 Å². The van der Waals surface area contributed by atoms with Gasteiger partial charge in [0.25, 0.3) is 5.56 Å². The number of carbonyl (C=O) groups excluding carboxylic acids is 1. The Hall–Kier alpha value is -3.17. The number of aromatic nitrogens is 2. The van der Waals surface area contributed by atoms with Crippen molar-refractivity contribution in [3.63, 3.8) is 0 Å². The normalized spacial score (nSPS) is 10.4. The van der Waals surface area contributed by atoms with Gasteiger partial charge in [0.1, 0.15) is 5.75 Å². The van der Waals surface area contributed by atoms with E-state index in [1.807, 2.05) is 6.07 Å². The molecule has 3 aromatic rings. The van der Waals surface area contributed by atoms with Crippen LogP contribution in [0.15, 0.2) is 47.3 Å². The molecule has 0 bridgehead atoms. The first-order valence-electron chi connectivity index (χ1n) is 6.89. The highest BCUT2D eigenvalue weighted by molar-refractivity contribution is 6.32. The van der Waals surface area contributed by atoms with E-state index in [2.05, 4.69) is 5.10 Å². The van der Waals surface area contributed by atoms with Gasteiger partial charge in [0.2, 0.25) is 0 Å². The molecule has 1 aromatic heterocycles. The molecule has 0 unspecified atom stereocenters. The Morgan fingerprint density at radius 1 is 1.25 bits per heavy atom. The van der Waals surface area contributed by atoms with E-state index in [4.69, 9.17) is 21.6 Å². The van der Waals surface area contributed by atoms with E-state index in [1.165, 1.54) is 25.2 Å². The number of hydrogen-bond donors (Lipinski definition) is 0. The van der Waals surface area contributed by atoms with E-state index < -0.39 is 5.97 Å². The van der Waals surface area contributed by atoms with Crippen LogP contribution in [-0.2, 0) is 7.05 Å². The zero-order valence-corrected chi connectivity index (χ0v) is 13.2. The molecule has 0 saturated heterocycles. The van der Waals surface area contributed by atoms with Crippen LogP contribution in [0.2, 0.25) is 5.02 Å². The topological polar surface area (TPSA) is 85.0 Å². The largest absolute Gasteiger partial charge is 0.420 e. The molecule has 0 atom stereocenters. The van der Waals surface area contributed by atoms with Crippen molar-refractivity contribution in [1.29, 1.82) is 5.26 Å². The molecule has 3 rings (SSSR count). The van der Waals surface area contributed by atoms with Crippen LogP contribution in [0.5, 0.6) is 5.75 Å². The second-order valence-corrected chi connectivity index (χ2v) is 5.38. The molecule has 6 nitrogen and oxygen atoms in total. The second kappa shape index (κ2) is 6.14. The Kier molecular flexibility index (Phi) is 4.02. The molecule has 0 amide bonds. The molecule has 1 heterocycles. The van der Waals surface area contributed by atoms with Gasteiger partial charge >= 0.3 is 5.97 Å². The van der Waals surface area contributed by atoms with E-state index in [0.717, 1.165) is 4.68 Å². The van der Waals surface area contributed by atoms with Crippen LogP contribution < -0.4 is 10.3 Å². The summed E-state index contributed by atoms with van der Waals surface area (Å²) >= 11 is 6.01. The van der Waals surface area contributed by atoms with Gasteiger partial charge in [0.15, 0.2) is 5.69 Å². The minimum Gasteiger partial charge on any atom is -0.420 e. The van der Waals surface area contributed by atoms with Gasteiger partial charge in [0.05, 0.1) is 22.0 Å². The maximum absolute atomic E-state index is 12.5. The van der Waals surface area contributed by atoms with Crippen LogP contribution in [0.4, 0.5) is 0 Å². The highest BCUT2D eigenvalue weighted by Gasteiger charge is 2.18. The van der Waals surface area contributed by atoms with Gasteiger partial charge in [-0.3, -0.25) is 4.79 Å². The summed E-state index contributed by atoms with van der Waals surface area (Å²) in [6.07, 6.45) is 0. The number of carbonyl (C=O) groups is 1. The summed E-state index contributed by atoms with van der Waals surface area (Å²) in [5.74, 6) is -0.631. The number of nitrogens with zero attached hydrogens (tertiary/aromatic N) is 3. The lowest BCUT2D eigenvalue weighted by atomic mass is 10.1. The monoisotopic (exact) mass is 339 g/mol. The van der Waals surface area contributed by atoms with Crippen molar-refractivity contribution in [3.05, 3.63) is 69.1 Å².